The number of oxazole rings is 1. The highest BCUT2D eigenvalue weighted by Crippen LogP contribution is 2.23. The zero-order valence-corrected chi connectivity index (χ0v) is 12.9. The average Bonchev–Trinajstić information content (AvgIpc) is 3.16. The van der Waals surface area contributed by atoms with Gasteiger partial charge in [0.15, 0.2) is 0 Å². The van der Waals surface area contributed by atoms with E-state index in [1.165, 1.54) is 24.7 Å². The molecule has 3 rings (SSSR count). The number of furan rings is 1. The van der Waals surface area contributed by atoms with Crippen LogP contribution in [0.4, 0.5) is 5.69 Å². The molecule has 118 valence electrons. The van der Waals surface area contributed by atoms with Gasteiger partial charge in [-0.15, -0.1) is 0 Å². The highest BCUT2D eigenvalue weighted by Gasteiger charge is 2.14. The van der Waals surface area contributed by atoms with Gasteiger partial charge in [-0.1, -0.05) is 0 Å². The molecule has 0 radical (unpaired) electrons. The lowest BCUT2D eigenvalue weighted by Crippen LogP contribution is -1.97. The van der Waals surface area contributed by atoms with Crippen molar-refractivity contribution in [3.05, 3.63) is 64.4 Å². The Morgan fingerprint density at radius 1 is 1.22 bits per heavy atom. The van der Waals surface area contributed by atoms with E-state index in [-0.39, 0.29) is 11.4 Å². The molecule has 0 fully saturated rings. The third-order valence-electron chi connectivity index (χ3n) is 3.21. The molecule has 1 atom stereocenters. The minimum atomic E-state index is -1.27. The molecule has 0 saturated carbocycles. The molecule has 0 amide bonds. The summed E-state index contributed by atoms with van der Waals surface area (Å²) in [6, 6.07) is 7.55. The number of nitrogens with zero attached hydrogens (tertiary/aromatic N) is 2. The Kier molecular flexibility index (Phi) is 4.07. The number of nitro benzene ring substituents is 1. The molecule has 23 heavy (non-hydrogen) atoms. The maximum atomic E-state index is 12.3. The van der Waals surface area contributed by atoms with E-state index in [0.717, 1.165) is 0 Å². The maximum absolute atomic E-state index is 12.3. The summed E-state index contributed by atoms with van der Waals surface area (Å²) >= 11 is 0. The van der Waals surface area contributed by atoms with Crippen LogP contribution in [-0.2, 0) is 16.6 Å². The van der Waals surface area contributed by atoms with Gasteiger partial charge in [0.05, 0.1) is 38.3 Å². The molecule has 0 N–H and O–H groups in total. The van der Waals surface area contributed by atoms with E-state index in [1.807, 2.05) is 0 Å². The zero-order chi connectivity index (χ0) is 16.4. The predicted molar refractivity (Wildman–Crippen MR) is 82.2 cm³/mol. The van der Waals surface area contributed by atoms with Crippen LogP contribution in [0.25, 0.3) is 11.5 Å². The second-order valence-electron chi connectivity index (χ2n) is 4.78. The highest BCUT2D eigenvalue weighted by molar-refractivity contribution is 7.84. The van der Waals surface area contributed by atoms with E-state index in [0.29, 0.717) is 27.8 Å². The SMILES string of the molecule is Cc1occc1[S@](=O)Cc1coc(-c2ccc([N+](=O)[O-])cc2)n1. The van der Waals surface area contributed by atoms with Crippen LogP contribution in [0.3, 0.4) is 0 Å². The van der Waals surface area contributed by atoms with Crippen molar-refractivity contribution >= 4 is 16.5 Å². The van der Waals surface area contributed by atoms with Crippen molar-refractivity contribution < 1.29 is 18.0 Å². The van der Waals surface area contributed by atoms with Crippen molar-refractivity contribution in [2.45, 2.75) is 17.6 Å². The number of rotatable bonds is 5. The quantitative estimate of drug-likeness (QED) is 0.524. The molecule has 8 heteroatoms. The maximum Gasteiger partial charge on any atom is 0.269 e. The second-order valence-corrected chi connectivity index (χ2v) is 6.20. The second kappa shape index (κ2) is 6.17. The van der Waals surface area contributed by atoms with E-state index < -0.39 is 15.7 Å². The summed E-state index contributed by atoms with van der Waals surface area (Å²) in [6.07, 6.45) is 2.93. The molecule has 0 aliphatic rings. The Hall–Kier alpha value is -2.74. The van der Waals surface area contributed by atoms with Crippen LogP contribution in [0.1, 0.15) is 11.5 Å². The third-order valence-corrected chi connectivity index (χ3v) is 4.68. The van der Waals surface area contributed by atoms with Crippen molar-refractivity contribution in [2.24, 2.45) is 0 Å². The van der Waals surface area contributed by atoms with Gasteiger partial charge in [-0.25, -0.2) is 4.98 Å². The first-order valence-electron chi connectivity index (χ1n) is 6.66. The van der Waals surface area contributed by atoms with E-state index in [9.17, 15) is 14.3 Å². The molecule has 0 aliphatic carbocycles. The topological polar surface area (TPSA) is 99.4 Å². The molecule has 2 aromatic heterocycles. The first-order chi connectivity index (χ1) is 11.0. The van der Waals surface area contributed by atoms with E-state index >= 15 is 0 Å². The molecule has 3 aromatic rings. The molecule has 0 saturated heterocycles. The van der Waals surface area contributed by atoms with Crippen molar-refractivity contribution in [1.82, 2.24) is 4.98 Å². The first kappa shape index (κ1) is 15.2. The number of aromatic nitrogens is 1. The van der Waals surface area contributed by atoms with Crippen LogP contribution < -0.4 is 0 Å². The minimum absolute atomic E-state index is 0.00272. The summed E-state index contributed by atoms with van der Waals surface area (Å²) in [4.78, 5) is 15.1. The van der Waals surface area contributed by atoms with Crippen LogP contribution in [-0.4, -0.2) is 14.1 Å². The fraction of sp³-hybridized carbons (Fsp3) is 0.133. The summed E-state index contributed by atoms with van der Waals surface area (Å²) in [5.74, 6) is 1.15. The number of hydrogen-bond donors (Lipinski definition) is 0. The van der Waals surface area contributed by atoms with Crippen molar-refractivity contribution in [1.29, 1.82) is 0 Å². The summed E-state index contributed by atoms with van der Waals surface area (Å²) in [5, 5.41) is 10.6. The van der Waals surface area contributed by atoms with Crippen molar-refractivity contribution in [3.63, 3.8) is 0 Å². The number of nitro groups is 1. The Labute approximate surface area is 133 Å². The number of non-ortho nitro benzene ring substituents is 1. The van der Waals surface area contributed by atoms with Gasteiger partial charge in [0.2, 0.25) is 5.89 Å². The molecular weight excluding hydrogens is 320 g/mol. The van der Waals surface area contributed by atoms with Gasteiger partial charge in [0.1, 0.15) is 12.0 Å². The smallest absolute Gasteiger partial charge is 0.269 e. The lowest BCUT2D eigenvalue weighted by Gasteiger charge is -1.97. The molecule has 0 unspecified atom stereocenters. The van der Waals surface area contributed by atoms with Crippen LogP contribution in [0.5, 0.6) is 0 Å². The summed E-state index contributed by atoms with van der Waals surface area (Å²) in [6.45, 7) is 1.75. The van der Waals surface area contributed by atoms with Gasteiger partial charge in [-0.2, -0.15) is 0 Å². The highest BCUT2D eigenvalue weighted by atomic mass is 32.2. The van der Waals surface area contributed by atoms with Gasteiger partial charge in [-0.05, 0) is 25.1 Å². The van der Waals surface area contributed by atoms with Gasteiger partial charge < -0.3 is 8.83 Å². The summed E-state index contributed by atoms with van der Waals surface area (Å²) < 4.78 is 22.8. The molecule has 2 heterocycles. The lowest BCUT2D eigenvalue weighted by molar-refractivity contribution is -0.384. The fourth-order valence-corrected chi connectivity index (χ4v) is 3.19. The first-order valence-corrected chi connectivity index (χ1v) is 7.98. The van der Waals surface area contributed by atoms with E-state index in [1.54, 1.807) is 25.1 Å². The molecule has 0 bridgehead atoms. The zero-order valence-electron chi connectivity index (χ0n) is 12.1. The number of benzene rings is 1. The standard InChI is InChI=1S/C15H12N2O5S/c1-10-14(6-7-21-10)23(20)9-12-8-22-15(16-12)11-2-4-13(5-3-11)17(18)19/h2-8H,9H2,1H3/t23-/m1/s1. The Morgan fingerprint density at radius 3 is 2.57 bits per heavy atom. The summed E-state index contributed by atoms with van der Waals surface area (Å²) in [7, 11) is -1.27. The molecule has 7 nitrogen and oxygen atoms in total. The van der Waals surface area contributed by atoms with Crippen molar-refractivity contribution in [2.75, 3.05) is 0 Å². The largest absolute Gasteiger partial charge is 0.468 e. The molecular formula is C15H12N2O5S. The van der Waals surface area contributed by atoms with Gasteiger partial charge in [0.25, 0.3) is 5.69 Å². The third kappa shape index (κ3) is 3.21. The van der Waals surface area contributed by atoms with Crippen LogP contribution in [0, 0.1) is 17.0 Å². The fourth-order valence-electron chi connectivity index (χ4n) is 2.05. The molecule has 1 aromatic carbocycles. The van der Waals surface area contributed by atoms with Gasteiger partial charge in [-0.3, -0.25) is 14.3 Å². The number of aryl methyl sites for hydroxylation is 1. The van der Waals surface area contributed by atoms with Crippen LogP contribution in [0.15, 0.2) is 56.6 Å². The minimum Gasteiger partial charge on any atom is -0.468 e. The normalized spacial score (nSPS) is 12.2. The Morgan fingerprint density at radius 2 is 1.96 bits per heavy atom. The molecule has 0 aliphatic heterocycles. The average molecular weight is 332 g/mol. The van der Waals surface area contributed by atoms with E-state index in [2.05, 4.69) is 4.98 Å². The van der Waals surface area contributed by atoms with Crippen LogP contribution >= 0.6 is 0 Å². The van der Waals surface area contributed by atoms with Crippen LogP contribution in [0.2, 0.25) is 0 Å². The van der Waals surface area contributed by atoms with Crippen molar-refractivity contribution in [3.8, 4) is 11.5 Å². The predicted octanol–water partition coefficient (Wildman–Crippen LogP) is 3.46. The Balaban J connectivity index is 1.76. The van der Waals surface area contributed by atoms with E-state index in [4.69, 9.17) is 8.83 Å². The summed E-state index contributed by atoms with van der Waals surface area (Å²) in [5.41, 5.74) is 1.15. The number of hydrogen-bond acceptors (Lipinski definition) is 6. The molecule has 0 spiro atoms. The lowest BCUT2D eigenvalue weighted by atomic mass is 10.2. The Bertz CT molecular complexity index is 866. The monoisotopic (exact) mass is 332 g/mol. The van der Waals surface area contributed by atoms with Gasteiger partial charge in [0, 0.05) is 17.7 Å². The van der Waals surface area contributed by atoms with Gasteiger partial charge >= 0.3 is 0 Å².